The number of thiophene rings is 1. The van der Waals surface area contributed by atoms with E-state index in [1.165, 1.54) is 11.1 Å². The van der Waals surface area contributed by atoms with Crippen molar-refractivity contribution in [2.24, 2.45) is 0 Å². The first-order valence-electron chi connectivity index (χ1n) is 5.06. The molecule has 2 heterocycles. The van der Waals surface area contributed by atoms with Crippen molar-refractivity contribution in [1.82, 2.24) is 15.0 Å². The second kappa shape index (κ2) is 4.54. The van der Waals surface area contributed by atoms with Gasteiger partial charge in [0.2, 0.25) is 17.8 Å². The molecular weight excluding hydrogens is 236 g/mol. The molecule has 17 heavy (non-hydrogen) atoms. The fraction of sp³-hybridized carbons (Fsp3) is 0.300. The Bertz CT molecular complexity index is 503. The Morgan fingerprint density at radius 3 is 2.35 bits per heavy atom. The van der Waals surface area contributed by atoms with E-state index in [0.29, 0.717) is 5.95 Å². The van der Waals surface area contributed by atoms with Crippen LogP contribution in [0.25, 0.3) is 0 Å². The third kappa shape index (κ3) is 2.62. The topological polar surface area (TPSA) is 94.0 Å². The lowest BCUT2D eigenvalue weighted by Crippen LogP contribution is -2.21. The molecule has 0 atom stereocenters. The molecule has 90 valence electrons. The quantitative estimate of drug-likeness (QED) is 0.845. The second-order valence-electron chi connectivity index (χ2n) is 3.79. The smallest absolute Gasteiger partial charge is 0.231 e. The zero-order chi connectivity index (χ0) is 12.4. The lowest BCUT2D eigenvalue weighted by Gasteiger charge is -2.17. The molecule has 0 aliphatic carbocycles. The van der Waals surface area contributed by atoms with E-state index in [1.54, 1.807) is 11.3 Å². The van der Waals surface area contributed by atoms with Crippen LogP contribution in [0, 0.1) is 6.92 Å². The van der Waals surface area contributed by atoms with Gasteiger partial charge in [0, 0.05) is 13.6 Å². The zero-order valence-electron chi connectivity index (χ0n) is 9.71. The molecule has 0 saturated heterocycles. The Morgan fingerprint density at radius 2 is 1.82 bits per heavy atom. The number of aryl methyl sites for hydroxylation is 1. The summed E-state index contributed by atoms with van der Waals surface area (Å²) >= 11 is 1.68. The summed E-state index contributed by atoms with van der Waals surface area (Å²) < 4.78 is 0. The summed E-state index contributed by atoms with van der Waals surface area (Å²) in [5.41, 5.74) is 13.6. The lowest BCUT2D eigenvalue weighted by molar-refractivity contribution is 0.858. The lowest BCUT2D eigenvalue weighted by atomic mass is 10.2. The maximum absolute atomic E-state index is 5.53. The van der Waals surface area contributed by atoms with Crippen molar-refractivity contribution in [3.63, 3.8) is 0 Å². The third-order valence-corrected chi connectivity index (χ3v) is 3.28. The summed E-state index contributed by atoms with van der Waals surface area (Å²) in [5.74, 6) is 0.767. The number of hydrogen-bond acceptors (Lipinski definition) is 7. The van der Waals surface area contributed by atoms with Crippen LogP contribution < -0.4 is 16.4 Å². The van der Waals surface area contributed by atoms with Crippen LogP contribution in [-0.2, 0) is 6.54 Å². The number of hydrogen-bond donors (Lipinski definition) is 2. The van der Waals surface area contributed by atoms with E-state index >= 15 is 0 Å². The standard InChI is InChI=1S/C10H14N6S/c1-6-4-17-5-7(6)3-16(2)10-14-8(11)13-9(12)15-10/h4-5H,3H2,1-2H3,(H4,11,12,13,14,15). The van der Waals surface area contributed by atoms with E-state index in [4.69, 9.17) is 11.5 Å². The minimum atomic E-state index is 0.140. The number of nitrogens with two attached hydrogens (primary N) is 2. The number of anilines is 3. The van der Waals surface area contributed by atoms with Crippen molar-refractivity contribution in [2.45, 2.75) is 13.5 Å². The van der Waals surface area contributed by atoms with Crippen LogP contribution in [0.1, 0.15) is 11.1 Å². The van der Waals surface area contributed by atoms with Crippen LogP contribution in [0.2, 0.25) is 0 Å². The molecule has 2 rings (SSSR count). The highest BCUT2D eigenvalue weighted by Crippen LogP contribution is 2.18. The highest BCUT2D eigenvalue weighted by molar-refractivity contribution is 7.08. The molecule has 0 aliphatic heterocycles. The summed E-state index contributed by atoms with van der Waals surface area (Å²) in [6.45, 7) is 2.80. The van der Waals surface area contributed by atoms with Gasteiger partial charge in [-0.3, -0.25) is 0 Å². The van der Waals surface area contributed by atoms with Gasteiger partial charge in [0.25, 0.3) is 0 Å². The first-order valence-corrected chi connectivity index (χ1v) is 6.00. The number of rotatable bonds is 3. The van der Waals surface area contributed by atoms with Gasteiger partial charge in [0.15, 0.2) is 0 Å². The number of aromatic nitrogens is 3. The van der Waals surface area contributed by atoms with Crippen molar-refractivity contribution in [3.8, 4) is 0 Å². The molecule has 0 radical (unpaired) electrons. The fourth-order valence-corrected chi connectivity index (χ4v) is 2.29. The number of nitrogens with zero attached hydrogens (tertiary/aromatic N) is 4. The predicted octanol–water partition coefficient (Wildman–Crippen LogP) is 1.04. The average molecular weight is 250 g/mol. The van der Waals surface area contributed by atoms with E-state index in [2.05, 4.69) is 32.6 Å². The Hall–Kier alpha value is -1.89. The fourth-order valence-electron chi connectivity index (χ4n) is 1.44. The summed E-state index contributed by atoms with van der Waals surface area (Å²) in [6, 6.07) is 0. The first-order chi connectivity index (χ1) is 8.06. The summed E-state index contributed by atoms with van der Waals surface area (Å²) in [6.07, 6.45) is 0. The molecule has 0 aromatic carbocycles. The molecule has 0 amide bonds. The van der Waals surface area contributed by atoms with E-state index in [-0.39, 0.29) is 11.9 Å². The highest BCUT2D eigenvalue weighted by Gasteiger charge is 2.09. The highest BCUT2D eigenvalue weighted by atomic mass is 32.1. The molecule has 0 aliphatic rings. The van der Waals surface area contributed by atoms with E-state index in [0.717, 1.165) is 6.54 Å². The van der Waals surface area contributed by atoms with Crippen LogP contribution in [-0.4, -0.2) is 22.0 Å². The van der Waals surface area contributed by atoms with Crippen LogP contribution in [0.5, 0.6) is 0 Å². The molecule has 4 N–H and O–H groups in total. The Kier molecular flexibility index (Phi) is 3.10. The minimum Gasteiger partial charge on any atom is -0.368 e. The van der Waals surface area contributed by atoms with Crippen LogP contribution >= 0.6 is 11.3 Å². The van der Waals surface area contributed by atoms with Crippen molar-refractivity contribution in [3.05, 3.63) is 21.9 Å². The summed E-state index contributed by atoms with van der Waals surface area (Å²) in [7, 11) is 1.89. The molecular formula is C10H14N6S. The third-order valence-electron chi connectivity index (χ3n) is 2.37. The van der Waals surface area contributed by atoms with Crippen LogP contribution in [0.3, 0.4) is 0 Å². The number of nitrogen functional groups attached to an aromatic ring is 2. The van der Waals surface area contributed by atoms with Gasteiger partial charge in [-0.15, -0.1) is 0 Å². The monoisotopic (exact) mass is 250 g/mol. The molecule has 2 aromatic heterocycles. The van der Waals surface area contributed by atoms with Crippen LogP contribution in [0.4, 0.5) is 17.8 Å². The molecule has 0 spiro atoms. The maximum atomic E-state index is 5.53. The molecule has 0 unspecified atom stereocenters. The van der Waals surface area contributed by atoms with Crippen molar-refractivity contribution in [2.75, 3.05) is 23.4 Å². The van der Waals surface area contributed by atoms with Gasteiger partial charge < -0.3 is 16.4 Å². The van der Waals surface area contributed by atoms with E-state index < -0.39 is 0 Å². The van der Waals surface area contributed by atoms with Gasteiger partial charge >= 0.3 is 0 Å². The van der Waals surface area contributed by atoms with E-state index in [9.17, 15) is 0 Å². The Morgan fingerprint density at radius 1 is 1.18 bits per heavy atom. The van der Waals surface area contributed by atoms with Gasteiger partial charge in [-0.25, -0.2) is 0 Å². The minimum absolute atomic E-state index is 0.140. The molecule has 6 nitrogen and oxygen atoms in total. The second-order valence-corrected chi connectivity index (χ2v) is 4.53. The van der Waals surface area contributed by atoms with Gasteiger partial charge in [-0.2, -0.15) is 26.3 Å². The Balaban J connectivity index is 2.20. The molecule has 0 bridgehead atoms. The van der Waals surface area contributed by atoms with E-state index in [1.807, 2.05) is 11.9 Å². The largest absolute Gasteiger partial charge is 0.368 e. The first kappa shape index (κ1) is 11.6. The molecule has 7 heteroatoms. The molecule has 0 saturated carbocycles. The summed E-state index contributed by atoms with van der Waals surface area (Å²) in [4.78, 5) is 13.7. The van der Waals surface area contributed by atoms with Crippen molar-refractivity contribution < 1.29 is 0 Å². The summed E-state index contributed by atoms with van der Waals surface area (Å²) in [5, 5.41) is 4.22. The van der Waals surface area contributed by atoms with Crippen LogP contribution in [0.15, 0.2) is 10.8 Å². The van der Waals surface area contributed by atoms with Gasteiger partial charge in [0.05, 0.1) is 0 Å². The van der Waals surface area contributed by atoms with Gasteiger partial charge in [0.1, 0.15) is 0 Å². The molecule has 0 fully saturated rings. The molecule has 2 aromatic rings. The van der Waals surface area contributed by atoms with Gasteiger partial charge in [-0.1, -0.05) is 0 Å². The van der Waals surface area contributed by atoms with Crippen molar-refractivity contribution >= 4 is 29.2 Å². The average Bonchev–Trinajstić information content (AvgIpc) is 2.63. The maximum Gasteiger partial charge on any atom is 0.231 e. The normalized spacial score (nSPS) is 10.5. The Labute approximate surface area is 103 Å². The predicted molar refractivity (Wildman–Crippen MR) is 69.8 cm³/mol. The van der Waals surface area contributed by atoms with Crippen molar-refractivity contribution in [1.29, 1.82) is 0 Å². The zero-order valence-corrected chi connectivity index (χ0v) is 10.5. The van der Waals surface area contributed by atoms with Gasteiger partial charge in [-0.05, 0) is 28.8 Å². The SMILES string of the molecule is Cc1cscc1CN(C)c1nc(N)nc(N)n1.